The largest absolute Gasteiger partial charge is 0.504 e. The van der Waals surface area contributed by atoms with Crippen molar-refractivity contribution in [3.63, 3.8) is 0 Å². The minimum atomic E-state index is -1.77. The van der Waals surface area contributed by atoms with Crippen LogP contribution in [-0.4, -0.2) is 170 Å². The highest BCUT2D eigenvalue weighted by molar-refractivity contribution is 6.39. The lowest BCUT2D eigenvalue weighted by Gasteiger charge is -2.36. The number of benzene rings is 3. The number of halogens is 15. The molecule has 12 heterocycles. The average molecular weight is 1990 g/mol. The minimum absolute atomic E-state index is 0.0357. The molecule has 3 fully saturated rings. The molecule has 0 aliphatic carbocycles. The van der Waals surface area contributed by atoms with Crippen LogP contribution in [0.5, 0.6) is 17.2 Å². The normalized spacial score (nSPS) is 13.4. The van der Waals surface area contributed by atoms with E-state index in [1.807, 2.05) is 59.8 Å². The molecule has 696 valence electrons. The number of pyridine rings is 9. The van der Waals surface area contributed by atoms with E-state index in [0.29, 0.717) is 50.8 Å². The summed E-state index contributed by atoms with van der Waals surface area (Å²) in [5.41, 5.74) is -2.67. The smallest absolute Gasteiger partial charge is 0.276 e. The zero-order valence-electron chi connectivity index (χ0n) is 72.8. The number of hydrogen-bond donors (Lipinski definition) is 3. The lowest BCUT2D eigenvalue weighted by Crippen LogP contribution is -2.49. The number of nitriles is 3. The van der Waals surface area contributed by atoms with Gasteiger partial charge in [0.2, 0.25) is 17.7 Å². The Morgan fingerprint density at radius 1 is 0.378 bits per heavy atom. The fraction of sp³-hybridized carbons (Fsp3) is 0.258. The third kappa shape index (κ3) is 17.6. The second kappa shape index (κ2) is 39.6. The van der Waals surface area contributed by atoms with Crippen molar-refractivity contribution in [3.05, 3.63) is 256 Å². The van der Waals surface area contributed by atoms with E-state index >= 15 is 13.2 Å². The number of phenols is 3. The lowest BCUT2D eigenvalue weighted by molar-refractivity contribution is -0.127. The Hall–Kier alpha value is -13.4. The molecular weight excluding hydrogens is 1910 g/mol. The number of aryl methyl sites for hydroxylation is 3. The van der Waals surface area contributed by atoms with Crippen LogP contribution in [0.1, 0.15) is 110 Å². The summed E-state index contributed by atoms with van der Waals surface area (Å²) in [5, 5.41) is 57.8. The molecule has 0 spiro atoms. The predicted octanol–water partition coefficient (Wildman–Crippen LogP) is 18.6. The first-order valence-corrected chi connectivity index (χ1v) is 43.8. The van der Waals surface area contributed by atoms with Crippen molar-refractivity contribution in [3.8, 4) is 86.3 Å². The van der Waals surface area contributed by atoms with Gasteiger partial charge in [-0.25, -0.2) is 50.1 Å². The van der Waals surface area contributed by atoms with Crippen molar-refractivity contribution in [2.24, 2.45) is 0 Å². The van der Waals surface area contributed by atoms with E-state index in [9.17, 15) is 81.8 Å². The first kappa shape index (κ1) is 99.0. The number of hydrogen-bond acceptors (Lipinski definition) is 21. The number of fused-ring (bicyclic) bond motifs is 3. The van der Waals surface area contributed by atoms with Crippen LogP contribution in [0.4, 0.5) is 52.2 Å². The number of carbonyl (C=O) groups excluding carboxylic acids is 3. The Bertz CT molecular complexity index is 6650. The molecular formula is C93H75Cl7F8N18O9. The number of phenolic OH excluding ortho intramolecular Hbond substituents is 3. The van der Waals surface area contributed by atoms with Gasteiger partial charge in [0, 0.05) is 113 Å². The van der Waals surface area contributed by atoms with Crippen molar-refractivity contribution >= 4 is 149 Å². The fourth-order valence-corrected chi connectivity index (χ4v) is 18.0. The fourth-order valence-electron chi connectivity index (χ4n) is 16.4. The molecule has 135 heavy (non-hydrogen) atoms. The summed E-state index contributed by atoms with van der Waals surface area (Å²) in [6.45, 7) is 29.9. The van der Waals surface area contributed by atoms with Crippen molar-refractivity contribution < 1.29 is 64.8 Å². The zero-order chi connectivity index (χ0) is 98.7. The molecule has 3 aliphatic rings. The maximum absolute atomic E-state index is 15.5. The summed E-state index contributed by atoms with van der Waals surface area (Å²) in [6.07, 6.45) is 8.32. The van der Waals surface area contributed by atoms with Gasteiger partial charge in [-0.3, -0.25) is 57.4 Å². The van der Waals surface area contributed by atoms with E-state index in [0.717, 1.165) is 9.13 Å². The Morgan fingerprint density at radius 3 is 0.881 bits per heavy atom. The molecule has 0 atom stereocenters. The van der Waals surface area contributed by atoms with Crippen LogP contribution in [0.25, 0.3) is 83.9 Å². The lowest BCUT2D eigenvalue weighted by atomic mass is 10.0. The molecule has 0 saturated carbocycles. The second-order valence-electron chi connectivity index (χ2n) is 32.0. The molecule has 15 rings (SSSR count). The van der Waals surface area contributed by atoms with Crippen LogP contribution < -0.4 is 31.4 Å². The highest BCUT2D eigenvalue weighted by Crippen LogP contribution is 2.50. The van der Waals surface area contributed by atoms with Gasteiger partial charge < -0.3 is 44.7 Å². The molecule has 0 bridgehead atoms. The minimum Gasteiger partial charge on any atom is -0.504 e. The maximum atomic E-state index is 15.5. The number of rotatable bonds is 15. The van der Waals surface area contributed by atoms with Gasteiger partial charge in [0.25, 0.3) is 16.7 Å². The van der Waals surface area contributed by atoms with E-state index in [1.165, 1.54) is 41.0 Å². The van der Waals surface area contributed by atoms with Gasteiger partial charge in [0.15, 0.2) is 63.8 Å². The highest BCUT2D eigenvalue weighted by Gasteiger charge is 2.39. The number of anilines is 3. The quantitative estimate of drug-likeness (QED) is 0.0371. The van der Waals surface area contributed by atoms with Gasteiger partial charge >= 0.3 is 0 Å². The SMILES string of the molecule is C=CC(=O)N1CCN(c2c(C#N)c(=O)n(-c3c(C)ccnc3C(C)C)c3nc(-c4c(F)c(Cl)c(F)c(O)c4Cl)c(Cl)cc23)CC1.C=CC(=O)N1CCN(c2c(C#N)c(=O)n(-c3c(C)ccnc3C(C)C)c3nc(-c4c(O)c(F)c(Cl)c(F)c4F)c(Cl)cc23)CC1.C=CC(=O)N1CCN(c2c(C#N)c(=O)n(-c3c(C)ccnc3C(C)C)c3nc(-c4c(O)c(F)c(Cl)c(F)c4F)c(Cl)cc23)CC1. The standard InChI is InChI=1S/C31H25Cl3F2N6O3.2C31H25Cl2F3N6O3/c1-5-19(43)40-8-10-41(11-9-40)28-16-12-18(32)26(20-21(33)29(44)24(36)22(34)23(20)35)39-30(16)42(31(45)17(28)13-37)27-15(4)6-7-38-25(27)14(2)3;2*1-5-19(43)40-8-10-41(11-9-40)28-16-12-18(32)26(20-22(34)23(35)21(33)24(36)29(20)44)39-30(16)42(31(45)17(28)13-37)27-15(4)6-7-38-25(27)14(2)3/h3*5-7,12,14,44H,1,8-11H2,2-4H3. The van der Waals surface area contributed by atoms with Gasteiger partial charge in [-0.15, -0.1) is 0 Å². The third-order valence-corrected chi connectivity index (χ3v) is 25.2. The van der Waals surface area contributed by atoms with Crippen LogP contribution in [0.15, 0.2) is 107 Å². The Balaban J connectivity index is 0.000000171. The van der Waals surface area contributed by atoms with Crippen molar-refractivity contribution in [2.45, 2.75) is 80.1 Å². The molecule has 3 N–H and O–H groups in total. The monoisotopic (exact) mass is 1980 g/mol. The van der Waals surface area contributed by atoms with E-state index in [4.69, 9.17) is 81.2 Å². The van der Waals surface area contributed by atoms with Gasteiger partial charge in [-0.2, -0.15) is 15.8 Å². The van der Waals surface area contributed by atoms with E-state index in [-0.39, 0.29) is 202 Å². The third-order valence-electron chi connectivity index (χ3n) is 23.0. The van der Waals surface area contributed by atoms with Crippen molar-refractivity contribution in [1.29, 1.82) is 15.8 Å². The molecule has 12 aromatic rings. The average Bonchev–Trinajstić information content (AvgIpc) is 0.728. The summed E-state index contributed by atoms with van der Waals surface area (Å²) in [5.74, 6) is -18.2. The number of piperazine rings is 3. The van der Waals surface area contributed by atoms with Crippen molar-refractivity contribution in [1.82, 2.24) is 58.3 Å². The summed E-state index contributed by atoms with van der Waals surface area (Å²) in [7, 11) is 0. The molecule has 0 radical (unpaired) electrons. The van der Waals surface area contributed by atoms with E-state index in [1.54, 1.807) is 87.0 Å². The number of aromatic nitrogens is 9. The van der Waals surface area contributed by atoms with Gasteiger partial charge in [-0.05, 0) is 110 Å². The number of nitrogens with zero attached hydrogens (tertiary/aromatic N) is 18. The van der Waals surface area contributed by atoms with Crippen LogP contribution >= 0.6 is 81.2 Å². The predicted molar refractivity (Wildman–Crippen MR) is 499 cm³/mol. The summed E-state index contributed by atoms with van der Waals surface area (Å²) >= 11 is 43.0. The van der Waals surface area contributed by atoms with Gasteiger partial charge in [0.05, 0.1) is 105 Å². The first-order chi connectivity index (χ1) is 64.0. The summed E-state index contributed by atoms with van der Waals surface area (Å²) < 4.78 is 123. The van der Waals surface area contributed by atoms with Gasteiger partial charge in [-0.1, -0.05) is 142 Å². The molecule has 9 aromatic heterocycles. The first-order valence-electron chi connectivity index (χ1n) is 41.1. The van der Waals surface area contributed by atoms with Crippen LogP contribution in [0.3, 0.4) is 0 Å². The number of amides is 3. The zero-order valence-corrected chi connectivity index (χ0v) is 78.1. The number of aromatic hydroxyl groups is 3. The van der Waals surface area contributed by atoms with Crippen LogP contribution in [-0.2, 0) is 14.4 Å². The molecule has 3 aromatic carbocycles. The summed E-state index contributed by atoms with van der Waals surface area (Å²) in [6, 6.07) is 15.0. The number of carbonyl (C=O) groups is 3. The highest BCUT2D eigenvalue weighted by atomic mass is 35.5. The van der Waals surface area contributed by atoms with Crippen molar-refractivity contribution in [2.75, 3.05) is 93.2 Å². The molecule has 3 saturated heterocycles. The maximum Gasteiger partial charge on any atom is 0.276 e. The Morgan fingerprint density at radius 2 is 0.630 bits per heavy atom. The van der Waals surface area contributed by atoms with Crippen LogP contribution in [0, 0.1) is 101 Å². The molecule has 42 heteroatoms. The van der Waals surface area contributed by atoms with Crippen LogP contribution in [0.2, 0.25) is 35.2 Å². The Labute approximate surface area is 798 Å². The Kier molecular flexibility index (Phi) is 29.1. The molecule has 3 aliphatic heterocycles. The second-order valence-corrected chi connectivity index (χ2v) is 34.8. The molecule has 0 unspecified atom stereocenters. The summed E-state index contributed by atoms with van der Waals surface area (Å²) in [4.78, 5) is 117. The van der Waals surface area contributed by atoms with E-state index in [2.05, 4.69) is 49.6 Å². The van der Waals surface area contributed by atoms with E-state index < -0.39 is 129 Å². The molecule has 27 nitrogen and oxygen atoms in total. The topological polar surface area (TPSA) is 346 Å². The van der Waals surface area contributed by atoms with Gasteiger partial charge in [0.1, 0.15) is 66.9 Å². The molecule has 3 amide bonds.